The Morgan fingerprint density at radius 1 is 1.36 bits per heavy atom. The third-order valence-corrected chi connectivity index (χ3v) is 2.37. The van der Waals surface area contributed by atoms with Gasteiger partial charge in [-0.25, -0.2) is 0 Å². The Morgan fingerprint density at radius 3 is 2.14 bits per heavy atom. The van der Waals surface area contributed by atoms with E-state index in [9.17, 15) is 5.11 Å². The molecule has 1 unspecified atom stereocenters. The van der Waals surface area contributed by atoms with Gasteiger partial charge in [0.25, 0.3) is 0 Å². The summed E-state index contributed by atoms with van der Waals surface area (Å²) < 4.78 is 0. The third-order valence-electron chi connectivity index (χ3n) is 2.37. The van der Waals surface area contributed by atoms with Crippen molar-refractivity contribution in [3.05, 3.63) is 0 Å². The zero-order valence-electron chi connectivity index (χ0n) is 9.88. The summed E-state index contributed by atoms with van der Waals surface area (Å²) in [4.78, 5) is 4.41. The summed E-state index contributed by atoms with van der Waals surface area (Å²) in [6, 6.07) is 0.273. The normalized spacial score (nSPS) is 16.4. The Labute approximate surface area is 118 Å². The van der Waals surface area contributed by atoms with Gasteiger partial charge in [0.1, 0.15) is 5.60 Å². The fourth-order valence-electron chi connectivity index (χ4n) is 1.53. The first-order valence-corrected chi connectivity index (χ1v) is 5.23. The van der Waals surface area contributed by atoms with Crippen molar-refractivity contribution in [1.29, 1.82) is 0 Å². The maximum Gasteiger partial charge on any atom is 0.102 e. The first-order valence-electron chi connectivity index (χ1n) is 5.23. The van der Waals surface area contributed by atoms with Gasteiger partial charge in [-0.3, -0.25) is 4.99 Å². The van der Waals surface area contributed by atoms with E-state index < -0.39 is 5.60 Å². The number of rotatable bonds is 5. The molecule has 0 radical (unpaired) electrons. The smallest absolute Gasteiger partial charge is 0.102 e. The molecular formula is C11H23ErNO. The summed E-state index contributed by atoms with van der Waals surface area (Å²) in [6.07, 6.45) is 2.56. The van der Waals surface area contributed by atoms with E-state index in [1.807, 2.05) is 27.7 Å². The minimum Gasteiger partial charge on any atom is -0.384 e. The maximum atomic E-state index is 10.2. The van der Waals surface area contributed by atoms with Crippen molar-refractivity contribution in [3.8, 4) is 0 Å². The van der Waals surface area contributed by atoms with Crippen LogP contribution in [0.5, 0.6) is 0 Å². The summed E-state index contributed by atoms with van der Waals surface area (Å²) in [5.74, 6) is 0. The van der Waals surface area contributed by atoms with E-state index in [0.29, 0.717) is 0 Å². The molecule has 0 aromatic carbocycles. The maximum absolute atomic E-state index is 10.2. The predicted molar refractivity (Wildman–Crippen MR) is 58.4 cm³/mol. The molecule has 0 fully saturated rings. The fourth-order valence-corrected chi connectivity index (χ4v) is 1.53. The second-order valence-electron chi connectivity index (χ2n) is 3.94. The molecule has 0 saturated carbocycles. The van der Waals surface area contributed by atoms with Crippen molar-refractivity contribution in [2.75, 3.05) is 0 Å². The van der Waals surface area contributed by atoms with Crippen molar-refractivity contribution in [1.82, 2.24) is 0 Å². The standard InChI is InChI=1S/C11H23NO.Er/c1-6-8-11(13,7-2)10(5)12-9(3)4;/h9,13H,6-8H2,1-5H3;. The van der Waals surface area contributed by atoms with Gasteiger partial charge in [-0.2, -0.15) is 0 Å². The Bertz CT molecular complexity index is 180. The number of hydrogen-bond donors (Lipinski definition) is 1. The van der Waals surface area contributed by atoms with Gasteiger partial charge in [0, 0.05) is 49.1 Å². The molecule has 1 N–H and O–H groups in total. The van der Waals surface area contributed by atoms with Crippen LogP contribution in [-0.2, 0) is 0 Å². The molecule has 1 atom stereocenters. The van der Waals surface area contributed by atoms with E-state index in [1.165, 1.54) is 0 Å². The molecule has 14 heavy (non-hydrogen) atoms. The van der Waals surface area contributed by atoms with Crippen LogP contribution in [0.25, 0.3) is 0 Å². The van der Waals surface area contributed by atoms with E-state index in [2.05, 4.69) is 11.9 Å². The predicted octanol–water partition coefficient (Wildman–Crippen LogP) is 2.80. The average Bonchev–Trinajstić information content (AvgIpc) is 2.03. The van der Waals surface area contributed by atoms with Crippen LogP contribution < -0.4 is 0 Å². The molecule has 0 aliphatic rings. The SMILES string of the molecule is CCCC(O)(CC)C(C)=NC(C)C.[Er]. The largest absolute Gasteiger partial charge is 0.384 e. The van der Waals surface area contributed by atoms with Gasteiger partial charge in [-0.05, 0) is 33.6 Å². The summed E-state index contributed by atoms with van der Waals surface area (Å²) in [5, 5.41) is 10.2. The van der Waals surface area contributed by atoms with Crippen LogP contribution in [0.1, 0.15) is 53.9 Å². The van der Waals surface area contributed by atoms with Crippen LogP contribution >= 0.6 is 0 Å². The molecule has 3 heteroatoms. The number of aliphatic hydroxyl groups is 1. The molecular weight excluding hydrogens is 329 g/mol. The summed E-state index contributed by atoms with van der Waals surface area (Å²) in [5.41, 5.74) is 0.214. The minimum absolute atomic E-state index is 0. The quantitative estimate of drug-likeness (QED) is 0.758. The molecule has 0 saturated heterocycles. The molecule has 0 spiro atoms. The van der Waals surface area contributed by atoms with Gasteiger partial charge in [-0.15, -0.1) is 0 Å². The van der Waals surface area contributed by atoms with Crippen LogP contribution in [0.2, 0.25) is 0 Å². The third kappa shape index (κ3) is 5.68. The first kappa shape index (κ1) is 17.3. The van der Waals surface area contributed by atoms with E-state index in [0.717, 1.165) is 25.0 Å². The van der Waals surface area contributed by atoms with Crippen LogP contribution in [0.15, 0.2) is 4.99 Å². The summed E-state index contributed by atoms with van der Waals surface area (Å²) >= 11 is 0. The number of aliphatic imine (C=N–C) groups is 1. The molecule has 0 aliphatic heterocycles. The van der Waals surface area contributed by atoms with Crippen LogP contribution in [0.4, 0.5) is 0 Å². The molecule has 0 aromatic heterocycles. The monoisotopic (exact) mass is 351 g/mol. The second kappa shape index (κ2) is 8.08. The molecule has 0 heterocycles. The van der Waals surface area contributed by atoms with Gasteiger partial charge in [0.05, 0.1) is 0 Å². The van der Waals surface area contributed by atoms with E-state index in [1.54, 1.807) is 0 Å². The number of nitrogens with zero attached hydrogens (tertiary/aromatic N) is 1. The number of hydrogen-bond acceptors (Lipinski definition) is 2. The topological polar surface area (TPSA) is 32.6 Å². The van der Waals surface area contributed by atoms with Crippen LogP contribution in [0.3, 0.4) is 0 Å². The van der Waals surface area contributed by atoms with Gasteiger partial charge in [0.15, 0.2) is 0 Å². The van der Waals surface area contributed by atoms with E-state index >= 15 is 0 Å². The molecule has 0 amide bonds. The van der Waals surface area contributed by atoms with E-state index in [4.69, 9.17) is 0 Å². The minimum atomic E-state index is -0.668. The molecule has 0 rings (SSSR count). The molecule has 0 aliphatic carbocycles. The van der Waals surface area contributed by atoms with E-state index in [-0.39, 0.29) is 43.3 Å². The summed E-state index contributed by atoms with van der Waals surface area (Å²) in [6.45, 7) is 10.1. The molecule has 0 bridgehead atoms. The Balaban J connectivity index is 0. The van der Waals surface area contributed by atoms with Crippen molar-refractivity contribution in [3.63, 3.8) is 0 Å². The molecule has 2 nitrogen and oxygen atoms in total. The Hall–Kier alpha value is 0.877. The van der Waals surface area contributed by atoms with Crippen molar-refractivity contribution in [2.24, 2.45) is 4.99 Å². The second-order valence-corrected chi connectivity index (χ2v) is 3.94. The Kier molecular flexibility index (Phi) is 9.97. The fraction of sp³-hybridized carbons (Fsp3) is 0.909. The average molecular weight is 353 g/mol. The first-order chi connectivity index (χ1) is 5.96. The molecule has 90 valence electrons. The van der Waals surface area contributed by atoms with Crippen molar-refractivity contribution < 1.29 is 42.4 Å². The van der Waals surface area contributed by atoms with Gasteiger partial charge in [-0.1, -0.05) is 20.3 Å². The molecule has 0 aromatic rings. The summed E-state index contributed by atoms with van der Waals surface area (Å²) in [7, 11) is 0. The van der Waals surface area contributed by atoms with Gasteiger partial charge >= 0.3 is 0 Å². The van der Waals surface area contributed by atoms with Crippen LogP contribution in [0, 0.1) is 37.3 Å². The zero-order valence-corrected chi connectivity index (χ0v) is 11.7. The van der Waals surface area contributed by atoms with Crippen molar-refractivity contribution in [2.45, 2.75) is 65.5 Å². The van der Waals surface area contributed by atoms with Gasteiger partial charge < -0.3 is 5.11 Å². The van der Waals surface area contributed by atoms with Gasteiger partial charge in [0.2, 0.25) is 0 Å². The Morgan fingerprint density at radius 2 is 1.86 bits per heavy atom. The zero-order chi connectivity index (χ0) is 10.5. The van der Waals surface area contributed by atoms with Crippen LogP contribution in [-0.4, -0.2) is 22.5 Å². The van der Waals surface area contributed by atoms with Crippen molar-refractivity contribution >= 4 is 5.71 Å².